The molecule has 2 aromatic rings. The molecule has 0 saturated carbocycles. The Bertz CT molecular complexity index is 744. The summed E-state index contributed by atoms with van der Waals surface area (Å²) < 4.78 is 48.9. The van der Waals surface area contributed by atoms with Crippen molar-refractivity contribution in [2.45, 2.75) is 6.18 Å². The van der Waals surface area contributed by atoms with Gasteiger partial charge >= 0.3 is 6.18 Å². The van der Waals surface area contributed by atoms with Crippen LogP contribution in [-0.2, 0) is 11.0 Å². The van der Waals surface area contributed by atoms with E-state index in [-0.39, 0.29) is 0 Å². The highest BCUT2D eigenvalue weighted by Crippen LogP contribution is 2.35. The molecule has 132 valence electrons. The topological polar surface area (TPSA) is 47.6 Å². The van der Waals surface area contributed by atoms with E-state index in [2.05, 4.69) is 11.9 Å². The summed E-state index contributed by atoms with van der Waals surface area (Å²) in [5, 5.41) is 2.54. The number of amides is 1. The summed E-state index contributed by atoms with van der Waals surface area (Å²) in [5.74, 6) is -0.452. The average molecular weight is 351 g/mol. The summed E-state index contributed by atoms with van der Waals surface area (Å²) in [7, 11) is 0. The summed E-state index contributed by atoms with van der Waals surface area (Å²) >= 11 is 0. The first-order chi connectivity index (χ1) is 11.9. The van der Waals surface area contributed by atoms with Gasteiger partial charge in [0.25, 0.3) is 5.91 Å². The third kappa shape index (κ3) is 5.56. The van der Waals surface area contributed by atoms with Gasteiger partial charge in [-0.25, -0.2) is 0 Å². The van der Waals surface area contributed by atoms with Crippen LogP contribution >= 0.6 is 0 Å². The normalized spacial score (nSPS) is 10.8. The van der Waals surface area contributed by atoms with Gasteiger partial charge < -0.3 is 14.8 Å². The zero-order chi connectivity index (χ0) is 18.3. The number of nitrogens with one attached hydrogen (secondary N) is 1. The lowest BCUT2D eigenvalue weighted by molar-refractivity contribution is -0.139. The summed E-state index contributed by atoms with van der Waals surface area (Å²) in [6.45, 7) is 3.30. The van der Waals surface area contributed by atoms with Gasteiger partial charge in [0, 0.05) is 11.8 Å². The molecule has 25 heavy (non-hydrogen) atoms. The predicted octanol–water partition coefficient (Wildman–Crippen LogP) is 4.29. The molecule has 2 rings (SSSR count). The van der Waals surface area contributed by atoms with Crippen LogP contribution in [0.2, 0.25) is 0 Å². The largest absolute Gasteiger partial charge is 0.489 e. The Hall–Kier alpha value is -2.96. The smallest absolute Gasteiger partial charge is 0.419 e. The highest BCUT2D eigenvalue weighted by atomic mass is 19.4. The number of alkyl halides is 3. The van der Waals surface area contributed by atoms with E-state index in [1.807, 2.05) is 0 Å². The van der Waals surface area contributed by atoms with Gasteiger partial charge in [0.2, 0.25) is 0 Å². The molecule has 2 aromatic carbocycles. The maximum Gasteiger partial charge on any atom is 0.419 e. The van der Waals surface area contributed by atoms with Crippen LogP contribution in [0.4, 0.5) is 18.9 Å². The van der Waals surface area contributed by atoms with Crippen molar-refractivity contribution in [2.24, 2.45) is 0 Å². The third-order valence-electron chi connectivity index (χ3n) is 3.04. The van der Waals surface area contributed by atoms with Crippen LogP contribution in [0.5, 0.6) is 11.5 Å². The number of carbonyl (C=O) groups is 1. The van der Waals surface area contributed by atoms with Crippen molar-refractivity contribution in [1.29, 1.82) is 0 Å². The number of hydrogen-bond acceptors (Lipinski definition) is 3. The minimum Gasteiger partial charge on any atom is -0.489 e. The number of anilines is 1. The maximum atomic E-state index is 12.9. The summed E-state index contributed by atoms with van der Waals surface area (Å²) in [6, 6.07) is 11.3. The van der Waals surface area contributed by atoms with E-state index in [0.29, 0.717) is 18.0 Å². The Morgan fingerprint density at radius 2 is 1.88 bits per heavy atom. The number of halogens is 3. The highest BCUT2D eigenvalue weighted by Gasteiger charge is 2.34. The summed E-state index contributed by atoms with van der Waals surface area (Å²) in [5.41, 5.74) is -0.484. The second-order valence-electron chi connectivity index (χ2n) is 4.96. The van der Waals surface area contributed by atoms with Crippen molar-refractivity contribution in [2.75, 3.05) is 18.5 Å². The van der Waals surface area contributed by atoms with E-state index in [1.165, 1.54) is 18.2 Å². The molecular weight excluding hydrogens is 335 g/mol. The van der Waals surface area contributed by atoms with Gasteiger partial charge in [0.15, 0.2) is 6.61 Å². The van der Waals surface area contributed by atoms with Crippen molar-refractivity contribution in [3.63, 3.8) is 0 Å². The molecule has 0 heterocycles. The standard InChI is InChI=1S/C18H16F3NO3/c1-2-10-24-14-7-5-6-13(11-14)22-17(23)12-25-16-9-4-3-8-15(16)18(19,20)21/h2-9,11H,1,10,12H2,(H,22,23). The predicted molar refractivity (Wildman–Crippen MR) is 87.7 cm³/mol. The number of benzene rings is 2. The molecule has 7 heteroatoms. The highest BCUT2D eigenvalue weighted by molar-refractivity contribution is 5.92. The molecule has 0 spiro atoms. The van der Waals surface area contributed by atoms with E-state index in [1.54, 1.807) is 30.3 Å². The fourth-order valence-electron chi connectivity index (χ4n) is 1.99. The van der Waals surface area contributed by atoms with Crippen molar-refractivity contribution >= 4 is 11.6 Å². The van der Waals surface area contributed by atoms with Crippen LogP contribution in [-0.4, -0.2) is 19.1 Å². The van der Waals surface area contributed by atoms with Crippen LogP contribution in [0.15, 0.2) is 61.2 Å². The van der Waals surface area contributed by atoms with E-state index in [9.17, 15) is 18.0 Å². The number of rotatable bonds is 7. The van der Waals surface area contributed by atoms with Crippen molar-refractivity contribution in [1.82, 2.24) is 0 Å². The molecule has 0 saturated heterocycles. The average Bonchev–Trinajstić information content (AvgIpc) is 2.58. The van der Waals surface area contributed by atoms with Crippen molar-refractivity contribution in [3.05, 3.63) is 66.7 Å². The first kappa shape index (κ1) is 18.4. The zero-order valence-corrected chi connectivity index (χ0v) is 13.2. The summed E-state index contributed by atoms with van der Waals surface area (Å²) in [4.78, 5) is 11.9. The molecule has 0 aromatic heterocycles. The molecule has 0 fully saturated rings. The molecule has 4 nitrogen and oxygen atoms in total. The quantitative estimate of drug-likeness (QED) is 0.757. The molecule has 0 aliphatic carbocycles. The molecule has 0 bridgehead atoms. The fourth-order valence-corrected chi connectivity index (χ4v) is 1.99. The van der Waals surface area contributed by atoms with E-state index < -0.39 is 30.0 Å². The Kier molecular flexibility index (Phi) is 6.05. The number of carbonyl (C=O) groups excluding carboxylic acids is 1. The van der Waals surface area contributed by atoms with Gasteiger partial charge in [-0.15, -0.1) is 0 Å². The Labute approximate surface area is 142 Å². The second kappa shape index (κ2) is 8.23. The Balaban J connectivity index is 1.97. The maximum absolute atomic E-state index is 12.9. The van der Waals surface area contributed by atoms with Crippen molar-refractivity contribution in [3.8, 4) is 11.5 Å². The van der Waals surface area contributed by atoms with Crippen LogP contribution in [0, 0.1) is 0 Å². The van der Waals surface area contributed by atoms with Crippen molar-refractivity contribution < 1.29 is 27.4 Å². The molecule has 1 N–H and O–H groups in total. The minimum atomic E-state index is -4.55. The Morgan fingerprint density at radius 3 is 2.60 bits per heavy atom. The number of para-hydroxylation sites is 1. The monoisotopic (exact) mass is 351 g/mol. The minimum absolute atomic E-state index is 0.314. The first-order valence-electron chi connectivity index (χ1n) is 7.33. The SMILES string of the molecule is C=CCOc1cccc(NC(=O)COc2ccccc2C(F)(F)F)c1. The van der Waals surface area contributed by atoms with Gasteiger partial charge in [-0.2, -0.15) is 13.2 Å². The number of hydrogen-bond donors (Lipinski definition) is 1. The van der Waals surface area contributed by atoms with Gasteiger partial charge in [0.1, 0.15) is 18.1 Å². The van der Waals surface area contributed by atoms with Crippen LogP contribution in [0.25, 0.3) is 0 Å². The lowest BCUT2D eigenvalue weighted by Gasteiger charge is -2.13. The Morgan fingerprint density at radius 1 is 1.12 bits per heavy atom. The lowest BCUT2D eigenvalue weighted by Crippen LogP contribution is -2.21. The van der Waals surface area contributed by atoms with Gasteiger partial charge in [0.05, 0.1) is 5.56 Å². The number of ether oxygens (including phenoxy) is 2. The van der Waals surface area contributed by atoms with Gasteiger partial charge in [-0.05, 0) is 24.3 Å². The van der Waals surface area contributed by atoms with E-state index in [0.717, 1.165) is 6.07 Å². The molecular formula is C18H16F3NO3. The van der Waals surface area contributed by atoms with Crippen LogP contribution in [0.1, 0.15) is 5.56 Å². The van der Waals surface area contributed by atoms with Crippen LogP contribution in [0.3, 0.4) is 0 Å². The van der Waals surface area contributed by atoms with E-state index >= 15 is 0 Å². The molecule has 0 aliphatic rings. The second-order valence-corrected chi connectivity index (χ2v) is 4.96. The molecule has 0 atom stereocenters. The third-order valence-corrected chi connectivity index (χ3v) is 3.04. The molecule has 1 amide bonds. The van der Waals surface area contributed by atoms with Crippen LogP contribution < -0.4 is 14.8 Å². The van der Waals surface area contributed by atoms with E-state index in [4.69, 9.17) is 9.47 Å². The molecule has 0 unspecified atom stereocenters. The fraction of sp³-hybridized carbons (Fsp3) is 0.167. The first-order valence-corrected chi connectivity index (χ1v) is 7.33. The molecule has 0 aliphatic heterocycles. The van der Waals surface area contributed by atoms with Gasteiger partial charge in [-0.3, -0.25) is 4.79 Å². The van der Waals surface area contributed by atoms with Gasteiger partial charge in [-0.1, -0.05) is 30.9 Å². The molecule has 0 radical (unpaired) electrons. The summed E-state index contributed by atoms with van der Waals surface area (Å²) in [6.07, 6.45) is -2.97. The zero-order valence-electron chi connectivity index (χ0n) is 13.2. The lowest BCUT2D eigenvalue weighted by atomic mass is 10.2.